The van der Waals surface area contributed by atoms with Crippen molar-refractivity contribution >= 4 is 17.9 Å². The van der Waals surface area contributed by atoms with Crippen LogP contribution in [-0.4, -0.2) is 37.2 Å². The van der Waals surface area contributed by atoms with Gasteiger partial charge in [0.1, 0.15) is 13.2 Å². The van der Waals surface area contributed by atoms with Crippen molar-refractivity contribution in [3.63, 3.8) is 0 Å². The topological polar surface area (TPSA) is 78.9 Å². The zero-order valence-corrected chi connectivity index (χ0v) is 36.3. The molecular formula is C47H90O6. The number of carbonyl (C=O) groups is 3. The third kappa shape index (κ3) is 38.5. The van der Waals surface area contributed by atoms with Crippen LogP contribution in [-0.2, 0) is 28.6 Å². The Bertz CT molecular complexity index is 826. The lowest BCUT2D eigenvalue weighted by atomic mass is 9.99. The number of carbonyl (C=O) groups excluding carboxylic acids is 3. The van der Waals surface area contributed by atoms with Crippen molar-refractivity contribution in [1.29, 1.82) is 0 Å². The summed E-state index contributed by atoms with van der Waals surface area (Å²) in [6, 6.07) is 0. The summed E-state index contributed by atoms with van der Waals surface area (Å²) < 4.78 is 16.7. The van der Waals surface area contributed by atoms with Gasteiger partial charge in [0.25, 0.3) is 0 Å². The molecule has 0 fully saturated rings. The number of hydrogen-bond donors (Lipinski definition) is 0. The van der Waals surface area contributed by atoms with E-state index in [1.54, 1.807) is 0 Å². The highest BCUT2D eigenvalue weighted by Gasteiger charge is 2.19. The normalized spacial score (nSPS) is 13.2. The molecule has 6 nitrogen and oxygen atoms in total. The molecule has 0 radical (unpaired) electrons. The third-order valence-corrected chi connectivity index (χ3v) is 11.1. The summed E-state index contributed by atoms with van der Waals surface area (Å²) in [5, 5.41) is 0. The van der Waals surface area contributed by atoms with E-state index in [0.717, 1.165) is 75.5 Å². The van der Waals surface area contributed by atoms with E-state index in [4.69, 9.17) is 14.2 Å². The molecule has 0 rings (SSSR count). The molecule has 314 valence electrons. The summed E-state index contributed by atoms with van der Waals surface area (Å²) in [4.78, 5) is 37.7. The zero-order valence-electron chi connectivity index (χ0n) is 36.3. The van der Waals surface area contributed by atoms with E-state index >= 15 is 0 Å². The average Bonchev–Trinajstić information content (AvgIpc) is 3.14. The van der Waals surface area contributed by atoms with E-state index in [2.05, 4.69) is 41.5 Å². The smallest absolute Gasteiger partial charge is 0.306 e. The van der Waals surface area contributed by atoms with Crippen LogP contribution in [0.3, 0.4) is 0 Å². The molecule has 0 spiro atoms. The number of ether oxygens (including phenoxy) is 3. The Kier molecular flexibility index (Phi) is 37.5. The molecule has 0 N–H and O–H groups in total. The molecule has 3 atom stereocenters. The van der Waals surface area contributed by atoms with Gasteiger partial charge in [-0.25, -0.2) is 0 Å². The summed E-state index contributed by atoms with van der Waals surface area (Å²) in [7, 11) is 0. The van der Waals surface area contributed by atoms with Crippen LogP contribution in [0.2, 0.25) is 0 Å². The molecule has 0 aliphatic carbocycles. The molecule has 53 heavy (non-hydrogen) atoms. The standard InChI is InChI=1S/C47H90O6/c1-7-42(5)34-28-22-16-13-14-17-24-30-36-45(48)51-39-44(40-52-46(49)37-31-25-20-19-23-29-35-43(6)8-2)53-47(50)38-32-26-18-12-10-9-11-15-21-27-33-41(3)4/h41-44H,7-40H2,1-6H3/t42?,43?,44-/m1/s1. The Morgan fingerprint density at radius 1 is 0.377 bits per heavy atom. The maximum Gasteiger partial charge on any atom is 0.306 e. The van der Waals surface area contributed by atoms with Gasteiger partial charge in [-0.05, 0) is 37.0 Å². The Hall–Kier alpha value is -1.59. The number of unbranched alkanes of at least 4 members (excludes halogenated alkanes) is 21. The Morgan fingerprint density at radius 2 is 0.660 bits per heavy atom. The Morgan fingerprint density at radius 3 is 0.981 bits per heavy atom. The van der Waals surface area contributed by atoms with Gasteiger partial charge in [-0.1, -0.05) is 208 Å². The molecule has 0 saturated heterocycles. The fourth-order valence-electron chi connectivity index (χ4n) is 6.81. The second-order valence-corrected chi connectivity index (χ2v) is 17.0. The minimum Gasteiger partial charge on any atom is -0.462 e. The highest BCUT2D eigenvalue weighted by molar-refractivity contribution is 5.71. The molecule has 0 aromatic heterocycles. The predicted octanol–water partition coefficient (Wildman–Crippen LogP) is 14.4. The fraction of sp³-hybridized carbons (Fsp3) is 0.936. The lowest BCUT2D eigenvalue weighted by molar-refractivity contribution is -0.167. The van der Waals surface area contributed by atoms with E-state index in [-0.39, 0.29) is 31.1 Å². The van der Waals surface area contributed by atoms with Crippen LogP contribution in [0.1, 0.15) is 247 Å². The maximum absolute atomic E-state index is 12.7. The minimum atomic E-state index is -0.762. The SMILES string of the molecule is CCC(C)CCCCCCCCCCC(=O)OC[C@H](COC(=O)CCCCCCCCC(C)CC)OC(=O)CCCCCCCCCCCCC(C)C. The van der Waals surface area contributed by atoms with Gasteiger partial charge in [0.15, 0.2) is 6.10 Å². The molecule has 0 amide bonds. The number of esters is 3. The van der Waals surface area contributed by atoms with Crippen LogP contribution in [0.25, 0.3) is 0 Å². The van der Waals surface area contributed by atoms with Gasteiger partial charge in [0, 0.05) is 19.3 Å². The summed E-state index contributed by atoms with van der Waals surface area (Å²) in [5.41, 5.74) is 0. The van der Waals surface area contributed by atoms with Crippen LogP contribution in [0.15, 0.2) is 0 Å². The second kappa shape index (κ2) is 38.7. The Labute approximate surface area is 329 Å². The first-order chi connectivity index (χ1) is 25.7. The van der Waals surface area contributed by atoms with Gasteiger partial charge in [0.05, 0.1) is 0 Å². The van der Waals surface area contributed by atoms with Gasteiger partial charge in [0.2, 0.25) is 0 Å². The fourth-order valence-corrected chi connectivity index (χ4v) is 6.81. The molecule has 0 heterocycles. The van der Waals surface area contributed by atoms with Crippen molar-refractivity contribution in [2.75, 3.05) is 13.2 Å². The minimum absolute atomic E-state index is 0.0668. The van der Waals surface area contributed by atoms with Crippen LogP contribution >= 0.6 is 0 Å². The average molecular weight is 751 g/mol. The maximum atomic E-state index is 12.7. The van der Waals surface area contributed by atoms with Crippen LogP contribution < -0.4 is 0 Å². The first-order valence-corrected chi connectivity index (χ1v) is 23.2. The van der Waals surface area contributed by atoms with Gasteiger partial charge < -0.3 is 14.2 Å². The highest BCUT2D eigenvalue weighted by atomic mass is 16.6. The summed E-state index contributed by atoms with van der Waals surface area (Å²) >= 11 is 0. The molecule has 0 aliphatic rings. The summed E-state index contributed by atoms with van der Waals surface area (Å²) in [5.74, 6) is 1.61. The van der Waals surface area contributed by atoms with Gasteiger partial charge in [-0.3, -0.25) is 14.4 Å². The molecule has 0 saturated carbocycles. The highest BCUT2D eigenvalue weighted by Crippen LogP contribution is 2.18. The van der Waals surface area contributed by atoms with E-state index in [9.17, 15) is 14.4 Å². The predicted molar refractivity (Wildman–Crippen MR) is 224 cm³/mol. The van der Waals surface area contributed by atoms with Crippen molar-refractivity contribution in [3.05, 3.63) is 0 Å². The zero-order chi connectivity index (χ0) is 39.2. The monoisotopic (exact) mass is 751 g/mol. The number of hydrogen-bond acceptors (Lipinski definition) is 6. The van der Waals surface area contributed by atoms with E-state index in [0.29, 0.717) is 19.3 Å². The molecule has 0 aromatic rings. The van der Waals surface area contributed by atoms with Crippen LogP contribution in [0.5, 0.6) is 0 Å². The summed E-state index contributed by atoms with van der Waals surface area (Å²) in [6.45, 7) is 13.7. The van der Waals surface area contributed by atoms with Gasteiger partial charge in [-0.15, -0.1) is 0 Å². The lowest BCUT2D eigenvalue weighted by Crippen LogP contribution is -2.30. The number of rotatable bonds is 40. The van der Waals surface area contributed by atoms with Crippen molar-refractivity contribution in [1.82, 2.24) is 0 Å². The largest absolute Gasteiger partial charge is 0.462 e. The van der Waals surface area contributed by atoms with E-state index < -0.39 is 6.10 Å². The van der Waals surface area contributed by atoms with Crippen LogP contribution in [0.4, 0.5) is 0 Å². The van der Waals surface area contributed by atoms with E-state index in [1.807, 2.05) is 0 Å². The molecule has 6 heteroatoms. The first kappa shape index (κ1) is 51.4. The molecule has 0 aromatic carbocycles. The third-order valence-electron chi connectivity index (χ3n) is 11.1. The van der Waals surface area contributed by atoms with Crippen molar-refractivity contribution in [2.24, 2.45) is 17.8 Å². The van der Waals surface area contributed by atoms with Gasteiger partial charge in [-0.2, -0.15) is 0 Å². The molecule has 0 aliphatic heterocycles. The van der Waals surface area contributed by atoms with Crippen molar-refractivity contribution in [2.45, 2.75) is 253 Å². The van der Waals surface area contributed by atoms with Crippen molar-refractivity contribution in [3.8, 4) is 0 Å². The molecule has 0 bridgehead atoms. The lowest BCUT2D eigenvalue weighted by Gasteiger charge is -2.18. The second-order valence-electron chi connectivity index (χ2n) is 17.0. The molecular weight excluding hydrogens is 661 g/mol. The van der Waals surface area contributed by atoms with Gasteiger partial charge >= 0.3 is 17.9 Å². The molecule has 2 unspecified atom stereocenters. The summed E-state index contributed by atoms with van der Waals surface area (Å²) in [6.07, 6.45) is 35.1. The first-order valence-electron chi connectivity index (χ1n) is 23.2. The van der Waals surface area contributed by atoms with E-state index in [1.165, 1.54) is 128 Å². The quantitative estimate of drug-likeness (QED) is 0.0352. The van der Waals surface area contributed by atoms with Crippen molar-refractivity contribution < 1.29 is 28.6 Å². The Balaban J connectivity index is 4.36. The van der Waals surface area contributed by atoms with Crippen LogP contribution in [0, 0.1) is 17.8 Å².